The van der Waals surface area contributed by atoms with Gasteiger partial charge in [-0.05, 0) is 25.0 Å². The Kier molecular flexibility index (Phi) is 14.6. The largest absolute Gasteiger partial charge is 0.464 e. The van der Waals surface area contributed by atoms with Crippen molar-refractivity contribution in [1.82, 2.24) is 10.6 Å². The van der Waals surface area contributed by atoms with Crippen LogP contribution < -0.4 is 10.6 Å². The van der Waals surface area contributed by atoms with Crippen LogP contribution in [-0.4, -0.2) is 60.9 Å². The van der Waals surface area contributed by atoms with Crippen molar-refractivity contribution in [3.05, 3.63) is 71.8 Å². The normalized spacial score (nSPS) is 11.9. The fraction of sp³-hybridized carbons (Fsp3) is 0.385. The van der Waals surface area contributed by atoms with Crippen LogP contribution in [0, 0.1) is 0 Å². The van der Waals surface area contributed by atoms with E-state index in [1.54, 1.807) is 13.8 Å². The summed E-state index contributed by atoms with van der Waals surface area (Å²) in [5.41, 5.74) is 1.61. The molecule has 0 aliphatic heterocycles. The standard InChI is InChI=1S/C26H32N2O8S2/c1-3-33-23(29)21(27-25(31)35-15-19-11-7-5-8-12-19)17-37-38-18-22(24(30)34-4-2)28-26(32)36-16-20-13-9-6-10-14-20/h5-14,21-22H,3-4,15-18H2,1-2H3,(H,27,31)(H,28,32)/t21-,22-/m0/s1. The molecule has 38 heavy (non-hydrogen) atoms. The molecule has 2 N–H and O–H groups in total. The maximum Gasteiger partial charge on any atom is 0.408 e. The second-order valence-corrected chi connectivity index (χ2v) is 10.1. The third kappa shape index (κ3) is 12.2. The topological polar surface area (TPSA) is 129 Å². The lowest BCUT2D eigenvalue weighted by Crippen LogP contribution is -2.44. The zero-order valence-corrected chi connectivity index (χ0v) is 22.9. The maximum atomic E-state index is 12.3. The molecule has 0 aliphatic carbocycles. The van der Waals surface area contributed by atoms with Crippen LogP contribution in [0.4, 0.5) is 9.59 Å². The molecule has 0 radical (unpaired) electrons. The van der Waals surface area contributed by atoms with Gasteiger partial charge in [-0.15, -0.1) is 0 Å². The van der Waals surface area contributed by atoms with Gasteiger partial charge < -0.3 is 29.6 Å². The highest BCUT2D eigenvalue weighted by molar-refractivity contribution is 8.76. The Balaban J connectivity index is 1.84. The van der Waals surface area contributed by atoms with Crippen LogP contribution in [0.2, 0.25) is 0 Å². The quantitative estimate of drug-likeness (QED) is 0.141. The molecule has 0 unspecified atom stereocenters. The van der Waals surface area contributed by atoms with Crippen molar-refractivity contribution < 1.29 is 38.1 Å². The minimum Gasteiger partial charge on any atom is -0.464 e. The number of ether oxygens (including phenoxy) is 4. The predicted octanol–water partition coefficient (Wildman–Crippen LogP) is 4.08. The number of alkyl carbamates (subject to hydrolysis) is 2. The highest BCUT2D eigenvalue weighted by Crippen LogP contribution is 2.24. The van der Waals surface area contributed by atoms with Gasteiger partial charge in [-0.3, -0.25) is 0 Å². The van der Waals surface area contributed by atoms with Gasteiger partial charge in [-0.1, -0.05) is 82.3 Å². The molecular formula is C26H32N2O8S2. The van der Waals surface area contributed by atoms with E-state index >= 15 is 0 Å². The molecule has 0 aliphatic rings. The Morgan fingerprint density at radius 1 is 0.632 bits per heavy atom. The molecule has 2 amide bonds. The monoisotopic (exact) mass is 564 g/mol. The number of hydrogen-bond acceptors (Lipinski definition) is 10. The first-order chi connectivity index (χ1) is 18.4. The van der Waals surface area contributed by atoms with Crippen molar-refractivity contribution in [2.45, 2.75) is 39.1 Å². The van der Waals surface area contributed by atoms with Gasteiger partial charge in [0.05, 0.1) is 13.2 Å². The maximum absolute atomic E-state index is 12.3. The molecule has 2 aromatic rings. The Hall–Kier alpha value is -3.38. The number of benzene rings is 2. The van der Waals surface area contributed by atoms with Crippen molar-refractivity contribution in [2.75, 3.05) is 24.7 Å². The first-order valence-electron chi connectivity index (χ1n) is 11.9. The average molecular weight is 565 g/mol. The van der Waals surface area contributed by atoms with Crippen LogP contribution in [0.15, 0.2) is 60.7 Å². The molecule has 0 heterocycles. The minimum absolute atomic E-state index is 0.0529. The minimum atomic E-state index is -0.972. The molecular weight excluding hydrogens is 532 g/mol. The number of carbonyl (C=O) groups excluding carboxylic acids is 4. The van der Waals surface area contributed by atoms with Crippen molar-refractivity contribution in [1.29, 1.82) is 0 Å². The summed E-state index contributed by atoms with van der Waals surface area (Å²) in [4.78, 5) is 49.2. The lowest BCUT2D eigenvalue weighted by molar-refractivity contribution is -0.145. The molecule has 2 atom stereocenters. The van der Waals surface area contributed by atoms with Crippen molar-refractivity contribution >= 4 is 45.7 Å². The zero-order valence-electron chi connectivity index (χ0n) is 21.3. The molecule has 12 heteroatoms. The third-order valence-electron chi connectivity index (χ3n) is 4.70. The molecule has 0 bridgehead atoms. The number of esters is 2. The third-order valence-corrected chi connectivity index (χ3v) is 7.13. The summed E-state index contributed by atoms with van der Waals surface area (Å²) < 4.78 is 20.5. The number of carbonyl (C=O) groups is 4. The number of amides is 2. The molecule has 0 saturated heterocycles. The van der Waals surface area contributed by atoms with Crippen molar-refractivity contribution in [3.8, 4) is 0 Å². The van der Waals surface area contributed by atoms with Gasteiger partial charge in [0.1, 0.15) is 25.3 Å². The SMILES string of the molecule is CCOC(=O)[C@H](CSSC[C@H](NC(=O)OCc1ccccc1)C(=O)OCC)NC(=O)OCc1ccccc1. The van der Waals surface area contributed by atoms with E-state index in [4.69, 9.17) is 18.9 Å². The summed E-state index contributed by atoms with van der Waals surface area (Å²) in [7, 11) is 2.44. The van der Waals surface area contributed by atoms with Gasteiger partial charge in [-0.25, -0.2) is 19.2 Å². The molecule has 206 valence electrons. The highest BCUT2D eigenvalue weighted by atomic mass is 33.1. The van der Waals surface area contributed by atoms with E-state index < -0.39 is 36.2 Å². The second kappa shape index (κ2) is 18.0. The average Bonchev–Trinajstić information content (AvgIpc) is 2.93. The second-order valence-electron chi connectivity index (χ2n) is 7.59. The summed E-state index contributed by atoms with van der Waals surface area (Å²) >= 11 is 0. The molecule has 2 rings (SSSR count). The number of nitrogens with one attached hydrogen (secondary N) is 2. The summed E-state index contributed by atoms with van der Waals surface area (Å²) in [5.74, 6) is -0.945. The highest BCUT2D eigenvalue weighted by Gasteiger charge is 2.26. The van der Waals surface area contributed by atoms with E-state index in [2.05, 4.69) is 10.6 Å². The van der Waals surface area contributed by atoms with Gasteiger partial charge in [0, 0.05) is 11.5 Å². The molecule has 0 saturated carbocycles. The van der Waals surface area contributed by atoms with E-state index in [1.807, 2.05) is 60.7 Å². The molecule has 2 aromatic carbocycles. The smallest absolute Gasteiger partial charge is 0.408 e. The Morgan fingerprint density at radius 3 is 1.34 bits per heavy atom. The summed E-state index contributed by atoms with van der Waals surface area (Å²) in [6.45, 7) is 3.73. The predicted molar refractivity (Wildman–Crippen MR) is 145 cm³/mol. The Morgan fingerprint density at radius 2 is 1.00 bits per heavy atom. The van der Waals surface area contributed by atoms with Crippen LogP contribution in [0.1, 0.15) is 25.0 Å². The van der Waals surface area contributed by atoms with Crippen LogP contribution in [0.3, 0.4) is 0 Å². The van der Waals surface area contributed by atoms with Gasteiger partial charge in [0.15, 0.2) is 0 Å². The van der Waals surface area contributed by atoms with E-state index in [1.165, 1.54) is 21.6 Å². The molecule has 0 spiro atoms. The fourth-order valence-corrected chi connectivity index (χ4v) is 5.17. The van der Waals surface area contributed by atoms with E-state index in [-0.39, 0.29) is 37.9 Å². The van der Waals surface area contributed by atoms with Gasteiger partial charge >= 0.3 is 24.1 Å². The van der Waals surface area contributed by atoms with E-state index in [0.29, 0.717) is 0 Å². The van der Waals surface area contributed by atoms with Crippen molar-refractivity contribution in [2.24, 2.45) is 0 Å². The molecule has 0 fully saturated rings. The number of rotatable bonds is 15. The number of hydrogen-bond donors (Lipinski definition) is 2. The summed E-state index contributed by atoms with van der Waals surface area (Å²) in [6, 6.07) is 16.3. The van der Waals surface area contributed by atoms with E-state index in [9.17, 15) is 19.2 Å². The Labute approximate surface area is 229 Å². The van der Waals surface area contributed by atoms with Gasteiger partial charge in [0.2, 0.25) is 0 Å². The Bertz CT molecular complexity index is 929. The summed E-state index contributed by atoms with van der Waals surface area (Å²) in [6.07, 6.45) is -1.52. The zero-order chi connectivity index (χ0) is 27.6. The summed E-state index contributed by atoms with van der Waals surface area (Å²) in [5, 5.41) is 5.03. The van der Waals surface area contributed by atoms with E-state index in [0.717, 1.165) is 11.1 Å². The van der Waals surface area contributed by atoms with Crippen LogP contribution in [-0.2, 0) is 41.8 Å². The van der Waals surface area contributed by atoms with Gasteiger partial charge in [-0.2, -0.15) is 0 Å². The van der Waals surface area contributed by atoms with Crippen LogP contribution in [0.25, 0.3) is 0 Å². The first kappa shape index (κ1) is 30.8. The lowest BCUT2D eigenvalue weighted by Gasteiger charge is -2.18. The lowest BCUT2D eigenvalue weighted by atomic mass is 10.2. The first-order valence-corrected chi connectivity index (χ1v) is 14.4. The fourth-order valence-electron chi connectivity index (χ4n) is 2.87. The van der Waals surface area contributed by atoms with Crippen molar-refractivity contribution in [3.63, 3.8) is 0 Å². The van der Waals surface area contributed by atoms with Crippen LogP contribution >= 0.6 is 21.6 Å². The molecule has 0 aromatic heterocycles. The van der Waals surface area contributed by atoms with Gasteiger partial charge in [0.25, 0.3) is 0 Å². The molecule has 10 nitrogen and oxygen atoms in total. The van der Waals surface area contributed by atoms with Crippen LogP contribution in [0.5, 0.6) is 0 Å².